The van der Waals surface area contributed by atoms with Crippen molar-refractivity contribution in [3.63, 3.8) is 0 Å². The first kappa shape index (κ1) is 44.6. The summed E-state index contributed by atoms with van der Waals surface area (Å²) in [6.07, 6.45) is 7.65. The molecule has 0 aliphatic carbocycles. The Morgan fingerprint density at radius 1 is 0.857 bits per heavy atom. The van der Waals surface area contributed by atoms with Gasteiger partial charge in [-0.15, -0.1) is 40.5 Å². The fourth-order valence-corrected chi connectivity index (χ4v) is 8.69. The zero-order chi connectivity index (χ0) is 40.1. The van der Waals surface area contributed by atoms with Gasteiger partial charge in [-0.25, -0.2) is 0 Å². The van der Waals surface area contributed by atoms with Crippen LogP contribution in [0.4, 0.5) is 0 Å². The summed E-state index contributed by atoms with van der Waals surface area (Å²) >= 11 is 1.85. The molecule has 0 spiro atoms. The SMILES string of the molecule is CC(C)(C)Cc1cccc2c1sc1cc(-c3cc(-c4[c-]c5ccccc5c(C(C)(C)C)c4)ncc3C#N)ccc12.CCC(CC)C(=O)/C=C(\O)C(CC)CC.[Ir]. The van der Waals surface area contributed by atoms with Gasteiger partial charge < -0.3 is 5.11 Å². The molecule has 4 nitrogen and oxygen atoms in total. The second-order valence-electron chi connectivity index (χ2n) is 17.0. The van der Waals surface area contributed by atoms with Crippen LogP contribution >= 0.6 is 11.3 Å². The van der Waals surface area contributed by atoms with Crippen molar-refractivity contribution in [1.29, 1.82) is 5.26 Å². The minimum absolute atomic E-state index is 0. The maximum Gasteiger partial charge on any atom is 0.162 e. The van der Waals surface area contributed by atoms with Crippen LogP contribution in [0.3, 0.4) is 0 Å². The summed E-state index contributed by atoms with van der Waals surface area (Å²) in [5.74, 6) is 0.547. The number of pyridine rings is 1. The number of benzene rings is 4. The Labute approximate surface area is 352 Å². The molecule has 2 aromatic heterocycles. The number of carbonyl (C=O) groups is 1. The average molecular weight is 942 g/mol. The van der Waals surface area contributed by atoms with Gasteiger partial charge >= 0.3 is 0 Å². The molecule has 0 fully saturated rings. The average Bonchev–Trinajstić information content (AvgIpc) is 3.53. The van der Waals surface area contributed by atoms with Crippen molar-refractivity contribution in [2.45, 2.75) is 107 Å². The molecule has 0 aliphatic rings. The van der Waals surface area contributed by atoms with Crippen LogP contribution in [0.25, 0.3) is 53.3 Å². The number of aliphatic hydroxyl groups is 1. The molecular weight excluding hydrogens is 885 g/mol. The normalized spacial score (nSPS) is 12.2. The van der Waals surface area contributed by atoms with E-state index in [1.807, 2.05) is 39.0 Å². The van der Waals surface area contributed by atoms with E-state index < -0.39 is 0 Å². The quantitative estimate of drug-likeness (QED) is 0.0843. The standard InChI is InChI=1S/C37H33N2S.C13H24O2.Ir/c1-36(2,3)20-25-11-9-13-30-29-15-14-24(18-34(29)40-35(25)30)31-19-33(39-22-27(31)21-38)26-16-23-10-7-8-12-28(23)32(17-26)37(4,5)6;1-5-10(6-2)12(14)9-13(15)11(7-3)8-4;/h7-15,17-19,22H,20H2,1-6H3;9-11,14H,5-8H2,1-4H3;/q-1;;/b;12-9-;. The zero-order valence-electron chi connectivity index (χ0n) is 34.8. The number of allylic oxidation sites excluding steroid dienone is 2. The second-order valence-corrected chi connectivity index (χ2v) is 18.0. The van der Waals surface area contributed by atoms with Gasteiger partial charge in [0.1, 0.15) is 6.07 Å². The van der Waals surface area contributed by atoms with Crippen molar-refractivity contribution in [2.24, 2.45) is 17.3 Å². The number of hydrogen-bond acceptors (Lipinski definition) is 5. The Morgan fingerprint density at radius 2 is 1.52 bits per heavy atom. The molecule has 0 atom stereocenters. The molecule has 1 N–H and O–H groups in total. The first-order valence-corrected chi connectivity index (χ1v) is 20.7. The van der Waals surface area contributed by atoms with Crippen LogP contribution in [0.5, 0.6) is 0 Å². The zero-order valence-corrected chi connectivity index (χ0v) is 38.0. The monoisotopic (exact) mass is 942 g/mol. The molecule has 1 radical (unpaired) electrons. The first-order chi connectivity index (χ1) is 26.1. The van der Waals surface area contributed by atoms with Gasteiger partial charge in [0.2, 0.25) is 0 Å². The molecule has 295 valence electrons. The van der Waals surface area contributed by atoms with E-state index in [4.69, 9.17) is 4.98 Å². The van der Waals surface area contributed by atoms with Gasteiger partial charge in [0, 0.05) is 70.1 Å². The Hall–Kier alpha value is -4.14. The summed E-state index contributed by atoms with van der Waals surface area (Å²) in [6.45, 7) is 21.7. The van der Waals surface area contributed by atoms with Gasteiger partial charge in [0.05, 0.1) is 11.3 Å². The van der Waals surface area contributed by atoms with Crippen LogP contribution in [0.2, 0.25) is 0 Å². The van der Waals surface area contributed by atoms with E-state index >= 15 is 0 Å². The second kappa shape index (κ2) is 18.9. The van der Waals surface area contributed by atoms with Crippen LogP contribution in [-0.2, 0) is 36.7 Å². The van der Waals surface area contributed by atoms with Crippen LogP contribution in [-0.4, -0.2) is 15.9 Å². The summed E-state index contributed by atoms with van der Waals surface area (Å²) < 4.78 is 2.60. The Balaban J connectivity index is 0.000000372. The van der Waals surface area contributed by atoms with E-state index in [2.05, 4.69) is 126 Å². The van der Waals surface area contributed by atoms with Gasteiger partial charge in [-0.2, -0.15) is 5.26 Å². The predicted octanol–water partition coefficient (Wildman–Crippen LogP) is 14.4. The minimum Gasteiger partial charge on any atom is -0.512 e. The van der Waals surface area contributed by atoms with E-state index in [0.29, 0.717) is 5.56 Å². The van der Waals surface area contributed by atoms with Crippen molar-refractivity contribution in [3.8, 4) is 28.5 Å². The van der Waals surface area contributed by atoms with Crippen LogP contribution in [0.1, 0.15) is 112 Å². The third-order valence-corrected chi connectivity index (χ3v) is 11.8. The van der Waals surface area contributed by atoms with E-state index in [1.165, 1.54) is 42.8 Å². The largest absolute Gasteiger partial charge is 0.512 e. The number of rotatable bonds is 10. The summed E-state index contributed by atoms with van der Waals surface area (Å²) in [6, 6.07) is 31.9. The van der Waals surface area contributed by atoms with E-state index in [1.54, 1.807) is 6.20 Å². The van der Waals surface area contributed by atoms with Gasteiger partial charge in [0.25, 0.3) is 0 Å². The number of carbonyl (C=O) groups excluding carboxylic acids is 1. The van der Waals surface area contributed by atoms with Gasteiger partial charge in [-0.1, -0.05) is 135 Å². The molecule has 0 amide bonds. The summed E-state index contributed by atoms with van der Waals surface area (Å²) in [5.41, 5.74) is 7.15. The molecule has 4 aromatic carbocycles. The molecule has 2 heterocycles. The van der Waals surface area contributed by atoms with Gasteiger partial charge in [-0.05, 0) is 65.7 Å². The molecule has 0 saturated heterocycles. The smallest absolute Gasteiger partial charge is 0.162 e. The topological polar surface area (TPSA) is 74.0 Å². The molecule has 0 bridgehead atoms. The van der Waals surface area contributed by atoms with Crippen molar-refractivity contribution < 1.29 is 30.0 Å². The number of aromatic nitrogens is 1. The maximum absolute atomic E-state index is 11.7. The summed E-state index contributed by atoms with van der Waals surface area (Å²) in [5, 5.41) is 24.6. The molecule has 0 saturated carbocycles. The number of hydrogen-bond donors (Lipinski definition) is 1. The third kappa shape index (κ3) is 10.2. The van der Waals surface area contributed by atoms with Gasteiger partial charge in [0.15, 0.2) is 5.78 Å². The van der Waals surface area contributed by atoms with Crippen molar-refractivity contribution in [1.82, 2.24) is 4.98 Å². The number of aliphatic hydroxyl groups excluding tert-OH is 1. The van der Waals surface area contributed by atoms with Crippen molar-refractivity contribution >= 4 is 48.1 Å². The molecule has 6 aromatic rings. The molecule has 0 aliphatic heterocycles. The third-order valence-electron chi connectivity index (χ3n) is 10.6. The number of thiophene rings is 1. The maximum atomic E-state index is 11.7. The van der Waals surface area contributed by atoms with Crippen LogP contribution < -0.4 is 0 Å². The number of ketones is 1. The Bertz CT molecular complexity index is 2380. The number of nitrogens with zero attached hydrogens (tertiary/aromatic N) is 2. The van der Waals surface area contributed by atoms with Crippen LogP contribution in [0, 0.1) is 34.6 Å². The van der Waals surface area contributed by atoms with E-state index in [9.17, 15) is 15.2 Å². The Morgan fingerprint density at radius 3 is 2.14 bits per heavy atom. The van der Waals surface area contributed by atoms with E-state index in [-0.39, 0.29) is 54.3 Å². The number of fused-ring (bicyclic) bond motifs is 4. The van der Waals surface area contributed by atoms with E-state index in [0.717, 1.165) is 59.9 Å². The van der Waals surface area contributed by atoms with Crippen molar-refractivity contribution in [3.05, 3.63) is 114 Å². The first-order valence-electron chi connectivity index (χ1n) is 19.9. The molecule has 0 unspecified atom stereocenters. The molecular formula is C50H57IrN2O2S-. The summed E-state index contributed by atoms with van der Waals surface area (Å²) in [4.78, 5) is 16.4. The van der Waals surface area contributed by atoms with Gasteiger partial charge in [-0.3, -0.25) is 9.78 Å². The fraction of sp³-hybridized carbons (Fsp3) is 0.380. The molecule has 56 heavy (non-hydrogen) atoms. The Kier molecular flexibility index (Phi) is 15.0. The summed E-state index contributed by atoms with van der Waals surface area (Å²) in [7, 11) is 0. The number of nitriles is 1. The predicted molar refractivity (Wildman–Crippen MR) is 235 cm³/mol. The fourth-order valence-electron chi connectivity index (χ4n) is 7.43. The van der Waals surface area contributed by atoms with Crippen LogP contribution in [0.15, 0.2) is 90.8 Å². The molecule has 6 rings (SSSR count). The minimum atomic E-state index is -0.0308. The van der Waals surface area contributed by atoms with Crippen molar-refractivity contribution in [2.75, 3.05) is 0 Å². The molecule has 6 heteroatoms.